The number of allylic oxidation sites excluding steroid dienone is 3. The lowest BCUT2D eigenvalue weighted by Crippen LogP contribution is -2.24. The summed E-state index contributed by atoms with van der Waals surface area (Å²) in [4.78, 5) is 10.6. The molecule has 0 aromatic heterocycles. The topological polar surface area (TPSA) is 37.3 Å². The van der Waals surface area contributed by atoms with Crippen molar-refractivity contribution >= 4 is 5.97 Å². The van der Waals surface area contributed by atoms with Gasteiger partial charge in [-0.3, -0.25) is 0 Å². The second-order valence-corrected chi connectivity index (χ2v) is 5.17. The molecular formula is C13H18O2. The molecule has 82 valence electrons. The van der Waals surface area contributed by atoms with Crippen molar-refractivity contribution in [1.29, 1.82) is 0 Å². The first kappa shape index (κ1) is 10.5. The van der Waals surface area contributed by atoms with E-state index >= 15 is 0 Å². The van der Waals surface area contributed by atoms with Crippen molar-refractivity contribution in [3.8, 4) is 0 Å². The van der Waals surface area contributed by atoms with Gasteiger partial charge in [0, 0.05) is 12.0 Å². The van der Waals surface area contributed by atoms with E-state index in [2.05, 4.69) is 19.9 Å². The van der Waals surface area contributed by atoms with Crippen molar-refractivity contribution in [2.75, 3.05) is 0 Å². The van der Waals surface area contributed by atoms with Crippen LogP contribution in [0.1, 0.15) is 33.1 Å². The van der Waals surface area contributed by atoms with Gasteiger partial charge in [0.15, 0.2) is 0 Å². The van der Waals surface area contributed by atoms with E-state index in [4.69, 9.17) is 5.11 Å². The highest BCUT2D eigenvalue weighted by Crippen LogP contribution is 2.50. The molecular weight excluding hydrogens is 188 g/mol. The molecule has 1 N–H and O–H groups in total. The summed E-state index contributed by atoms with van der Waals surface area (Å²) in [7, 11) is 0. The first-order chi connectivity index (χ1) is 7.06. The third kappa shape index (κ3) is 2.14. The number of hydrogen-bond donors (Lipinski definition) is 1. The number of carbonyl (C=O) groups is 1. The molecule has 0 aliphatic heterocycles. The Morgan fingerprint density at radius 1 is 1.60 bits per heavy atom. The normalized spacial score (nSPS) is 31.4. The van der Waals surface area contributed by atoms with Crippen LogP contribution in [0.4, 0.5) is 0 Å². The monoisotopic (exact) mass is 206 g/mol. The SMILES string of the molecule is CC(C)CC1=C[C@@H]2C(=CC(=O)O)C[C@H]2C1. The molecule has 0 aromatic carbocycles. The largest absolute Gasteiger partial charge is 0.478 e. The molecule has 0 amide bonds. The summed E-state index contributed by atoms with van der Waals surface area (Å²) in [6, 6.07) is 0. The maximum atomic E-state index is 10.6. The lowest BCUT2D eigenvalue weighted by Gasteiger charge is -2.33. The number of carboxylic acid groups (broad SMARTS) is 1. The van der Waals surface area contributed by atoms with E-state index in [1.807, 2.05) is 0 Å². The molecule has 0 aromatic rings. The summed E-state index contributed by atoms with van der Waals surface area (Å²) in [6.07, 6.45) is 7.07. The van der Waals surface area contributed by atoms with E-state index in [0.29, 0.717) is 17.8 Å². The fourth-order valence-corrected chi connectivity index (χ4v) is 2.80. The second kappa shape index (κ2) is 3.84. The quantitative estimate of drug-likeness (QED) is 0.569. The average molecular weight is 206 g/mol. The Morgan fingerprint density at radius 2 is 2.33 bits per heavy atom. The molecule has 0 saturated heterocycles. The molecule has 1 fully saturated rings. The lowest BCUT2D eigenvalue weighted by atomic mass is 9.71. The molecule has 0 heterocycles. The zero-order chi connectivity index (χ0) is 11.0. The summed E-state index contributed by atoms with van der Waals surface area (Å²) >= 11 is 0. The van der Waals surface area contributed by atoms with Gasteiger partial charge in [0.05, 0.1) is 0 Å². The Balaban J connectivity index is 2.01. The number of fused-ring (bicyclic) bond motifs is 1. The predicted molar refractivity (Wildman–Crippen MR) is 59.5 cm³/mol. The van der Waals surface area contributed by atoms with Gasteiger partial charge >= 0.3 is 5.97 Å². The van der Waals surface area contributed by atoms with Gasteiger partial charge < -0.3 is 5.11 Å². The van der Waals surface area contributed by atoms with Crippen LogP contribution in [0.5, 0.6) is 0 Å². The van der Waals surface area contributed by atoms with Crippen LogP contribution in [0.25, 0.3) is 0 Å². The van der Waals surface area contributed by atoms with E-state index in [1.54, 1.807) is 0 Å². The van der Waals surface area contributed by atoms with Crippen molar-refractivity contribution < 1.29 is 9.90 Å². The summed E-state index contributed by atoms with van der Waals surface area (Å²) in [5.41, 5.74) is 2.65. The van der Waals surface area contributed by atoms with Crippen molar-refractivity contribution in [2.45, 2.75) is 33.1 Å². The smallest absolute Gasteiger partial charge is 0.328 e. The van der Waals surface area contributed by atoms with Gasteiger partial charge in [-0.05, 0) is 31.1 Å². The highest BCUT2D eigenvalue weighted by molar-refractivity contribution is 5.81. The molecule has 2 atom stereocenters. The summed E-state index contributed by atoms with van der Waals surface area (Å²) in [5, 5.41) is 8.68. The van der Waals surface area contributed by atoms with Crippen molar-refractivity contribution in [1.82, 2.24) is 0 Å². The van der Waals surface area contributed by atoms with Crippen LogP contribution in [0.3, 0.4) is 0 Å². The van der Waals surface area contributed by atoms with Crippen LogP contribution in [0.15, 0.2) is 23.3 Å². The van der Waals surface area contributed by atoms with Crippen LogP contribution in [0.2, 0.25) is 0 Å². The average Bonchev–Trinajstić information content (AvgIpc) is 2.39. The highest BCUT2D eigenvalue weighted by atomic mass is 16.4. The molecule has 0 radical (unpaired) electrons. The second-order valence-electron chi connectivity index (χ2n) is 5.17. The van der Waals surface area contributed by atoms with E-state index in [9.17, 15) is 4.79 Å². The van der Waals surface area contributed by atoms with Gasteiger partial charge in [-0.25, -0.2) is 4.79 Å². The predicted octanol–water partition coefficient (Wildman–Crippen LogP) is 3.01. The van der Waals surface area contributed by atoms with Crippen LogP contribution < -0.4 is 0 Å². The Morgan fingerprint density at radius 3 is 2.93 bits per heavy atom. The Kier molecular flexibility index (Phi) is 2.68. The molecule has 0 spiro atoms. The molecule has 1 saturated carbocycles. The van der Waals surface area contributed by atoms with Gasteiger partial charge in [-0.2, -0.15) is 0 Å². The standard InChI is InChI=1S/C13H18O2/c1-8(2)3-9-4-10-6-11(7-13(14)15)12(10)5-9/h5,7-8,10,12H,3-4,6H2,1-2H3,(H,14,15)/t10-,12+/m1/s1. The molecule has 15 heavy (non-hydrogen) atoms. The minimum atomic E-state index is -0.797. The zero-order valence-corrected chi connectivity index (χ0v) is 9.36. The molecule has 0 bridgehead atoms. The van der Waals surface area contributed by atoms with Gasteiger partial charge in [0.1, 0.15) is 0 Å². The fraction of sp³-hybridized carbons (Fsp3) is 0.615. The van der Waals surface area contributed by atoms with Gasteiger partial charge in [-0.1, -0.05) is 31.1 Å². The van der Waals surface area contributed by atoms with E-state index in [1.165, 1.54) is 24.5 Å². The van der Waals surface area contributed by atoms with Crippen molar-refractivity contribution in [2.24, 2.45) is 17.8 Å². The number of hydrogen-bond acceptors (Lipinski definition) is 1. The molecule has 0 unspecified atom stereocenters. The third-order valence-corrected chi connectivity index (χ3v) is 3.35. The summed E-state index contributed by atoms with van der Waals surface area (Å²) in [6.45, 7) is 4.46. The summed E-state index contributed by atoms with van der Waals surface area (Å²) < 4.78 is 0. The van der Waals surface area contributed by atoms with Crippen LogP contribution >= 0.6 is 0 Å². The Labute approximate surface area is 90.7 Å². The number of aliphatic carboxylic acids is 1. The molecule has 2 aliphatic rings. The fourth-order valence-electron chi connectivity index (χ4n) is 2.80. The van der Waals surface area contributed by atoms with Crippen LogP contribution in [-0.2, 0) is 4.79 Å². The zero-order valence-electron chi connectivity index (χ0n) is 9.36. The minimum absolute atomic E-state index is 0.454. The van der Waals surface area contributed by atoms with E-state index in [0.717, 1.165) is 12.0 Å². The Bertz CT molecular complexity index is 336. The lowest BCUT2D eigenvalue weighted by molar-refractivity contribution is -0.131. The van der Waals surface area contributed by atoms with Gasteiger partial charge in [-0.15, -0.1) is 0 Å². The molecule has 2 heteroatoms. The van der Waals surface area contributed by atoms with Crippen LogP contribution in [-0.4, -0.2) is 11.1 Å². The summed E-state index contributed by atoms with van der Waals surface area (Å²) in [5.74, 6) is 1.08. The number of rotatable bonds is 3. The van der Waals surface area contributed by atoms with Crippen LogP contribution in [0, 0.1) is 17.8 Å². The van der Waals surface area contributed by atoms with E-state index < -0.39 is 5.97 Å². The molecule has 2 nitrogen and oxygen atoms in total. The van der Waals surface area contributed by atoms with E-state index in [-0.39, 0.29) is 0 Å². The first-order valence-electron chi connectivity index (χ1n) is 5.69. The maximum Gasteiger partial charge on any atom is 0.328 e. The van der Waals surface area contributed by atoms with Crippen molar-refractivity contribution in [3.05, 3.63) is 23.3 Å². The minimum Gasteiger partial charge on any atom is -0.478 e. The molecule has 2 rings (SSSR count). The maximum absolute atomic E-state index is 10.6. The molecule has 2 aliphatic carbocycles. The van der Waals surface area contributed by atoms with Gasteiger partial charge in [0.2, 0.25) is 0 Å². The van der Waals surface area contributed by atoms with Gasteiger partial charge in [0.25, 0.3) is 0 Å². The van der Waals surface area contributed by atoms with Crippen molar-refractivity contribution in [3.63, 3.8) is 0 Å². The number of carboxylic acids is 1. The third-order valence-electron chi connectivity index (χ3n) is 3.35. The highest BCUT2D eigenvalue weighted by Gasteiger charge is 2.39. The Hall–Kier alpha value is -1.05. The first-order valence-corrected chi connectivity index (χ1v) is 5.69.